The van der Waals surface area contributed by atoms with Gasteiger partial charge >= 0.3 is 5.97 Å². The van der Waals surface area contributed by atoms with Crippen LogP contribution >= 0.6 is 11.6 Å². The molecule has 0 unspecified atom stereocenters. The molecule has 0 fully saturated rings. The molecule has 0 aromatic heterocycles. The van der Waals surface area contributed by atoms with Gasteiger partial charge in [0.25, 0.3) is 0 Å². The molecule has 3 aromatic carbocycles. The third-order valence-electron chi connectivity index (χ3n) is 5.17. The van der Waals surface area contributed by atoms with Crippen molar-refractivity contribution in [2.75, 3.05) is 6.61 Å². The number of carbonyl (C=O) groups excluding carboxylic acids is 2. The number of halogens is 1. The van der Waals surface area contributed by atoms with Crippen LogP contribution in [0.25, 0.3) is 5.76 Å². The summed E-state index contributed by atoms with van der Waals surface area (Å²) in [6, 6.07) is 25.3. The monoisotopic (exact) mass is 432 g/mol. The zero-order valence-corrected chi connectivity index (χ0v) is 17.7. The van der Waals surface area contributed by atoms with Gasteiger partial charge in [0.15, 0.2) is 5.78 Å². The van der Waals surface area contributed by atoms with Crippen LogP contribution in [0.2, 0.25) is 5.02 Å². The van der Waals surface area contributed by atoms with E-state index in [0.717, 1.165) is 5.56 Å². The molecule has 1 aliphatic heterocycles. The summed E-state index contributed by atoms with van der Waals surface area (Å²) in [6.45, 7) is 1.93. The number of hydrogen-bond acceptors (Lipinski definition) is 4. The van der Waals surface area contributed by atoms with Crippen LogP contribution in [-0.2, 0) is 14.3 Å². The minimum Gasteiger partial charge on any atom is -0.483 e. The average molecular weight is 433 g/mol. The highest BCUT2D eigenvalue weighted by Crippen LogP contribution is 2.47. The molecule has 1 aliphatic rings. The predicted molar refractivity (Wildman–Crippen MR) is 120 cm³/mol. The number of hydrogen-bond donors (Lipinski definition) is 0. The zero-order chi connectivity index (χ0) is 21.8. The van der Waals surface area contributed by atoms with Gasteiger partial charge in [-0.05, 0) is 24.6 Å². The van der Waals surface area contributed by atoms with Crippen LogP contribution in [0.5, 0.6) is 0 Å². The maximum absolute atomic E-state index is 13.6. The lowest BCUT2D eigenvalue weighted by atomic mass is 9.83. The Balaban J connectivity index is 1.88. The number of esters is 1. The molecule has 31 heavy (non-hydrogen) atoms. The summed E-state index contributed by atoms with van der Waals surface area (Å²) in [6.07, 6.45) is -0.681. The van der Waals surface area contributed by atoms with E-state index in [1.807, 2.05) is 48.5 Å². The summed E-state index contributed by atoms with van der Waals surface area (Å²) in [5.41, 5.74) is 2.22. The molecular formula is C26H21ClO4. The van der Waals surface area contributed by atoms with Gasteiger partial charge in [-0.15, -0.1) is 0 Å². The van der Waals surface area contributed by atoms with Crippen molar-refractivity contribution in [3.63, 3.8) is 0 Å². The van der Waals surface area contributed by atoms with Gasteiger partial charge in [0.1, 0.15) is 11.9 Å². The third kappa shape index (κ3) is 4.25. The molecule has 0 spiro atoms. The summed E-state index contributed by atoms with van der Waals surface area (Å²) in [5.74, 6) is -1.23. The first-order valence-corrected chi connectivity index (χ1v) is 10.5. The molecule has 5 heteroatoms. The lowest BCUT2D eigenvalue weighted by molar-refractivity contribution is -0.138. The minimum atomic E-state index is -0.849. The maximum Gasteiger partial charge on any atom is 0.338 e. The summed E-state index contributed by atoms with van der Waals surface area (Å²) in [5, 5.41) is 0.578. The topological polar surface area (TPSA) is 52.6 Å². The number of rotatable bonds is 6. The Morgan fingerprint density at radius 2 is 1.52 bits per heavy atom. The van der Waals surface area contributed by atoms with Crippen LogP contribution in [0.1, 0.15) is 34.5 Å². The molecule has 0 N–H and O–H groups in total. The second-order valence-electron chi connectivity index (χ2n) is 7.13. The second kappa shape index (κ2) is 9.19. The first-order chi connectivity index (χ1) is 15.1. The summed E-state index contributed by atoms with van der Waals surface area (Å²) in [7, 11) is 0. The highest BCUT2D eigenvalue weighted by atomic mass is 35.5. The molecule has 4 nitrogen and oxygen atoms in total. The van der Waals surface area contributed by atoms with Crippen LogP contribution in [0, 0.1) is 5.92 Å². The SMILES string of the molecule is CCOC(=O)C1=C(c2ccccc2)O[C@H](c2ccc(Cl)cc2)[C@@H]1C(=O)c1ccccc1. The van der Waals surface area contributed by atoms with E-state index >= 15 is 0 Å². The van der Waals surface area contributed by atoms with E-state index in [2.05, 4.69) is 0 Å². The molecule has 0 saturated carbocycles. The van der Waals surface area contributed by atoms with Crippen molar-refractivity contribution in [2.24, 2.45) is 5.92 Å². The summed E-state index contributed by atoms with van der Waals surface area (Å²) >= 11 is 6.07. The molecular weight excluding hydrogens is 412 g/mol. The van der Waals surface area contributed by atoms with E-state index in [1.54, 1.807) is 43.3 Å². The molecule has 4 rings (SSSR count). The Bertz CT molecular complexity index is 1110. The Labute approximate surface area is 186 Å². The lowest BCUT2D eigenvalue weighted by Crippen LogP contribution is -2.26. The smallest absolute Gasteiger partial charge is 0.338 e. The summed E-state index contributed by atoms with van der Waals surface area (Å²) in [4.78, 5) is 26.7. The zero-order valence-electron chi connectivity index (χ0n) is 17.0. The molecule has 156 valence electrons. The number of carbonyl (C=O) groups is 2. The Kier molecular flexibility index (Phi) is 6.19. The fourth-order valence-corrected chi connectivity index (χ4v) is 3.88. The first kappa shape index (κ1) is 20.9. The van der Waals surface area contributed by atoms with Gasteiger partial charge in [-0.2, -0.15) is 0 Å². The molecule has 0 bridgehead atoms. The largest absolute Gasteiger partial charge is 0.483 e. The molecule has 0 radical (unpaired) electrons. The van der Waals surface area contributed by atoms with Crippen LogP contribution < -0.4 is 0 Å². The van der Waals surface area contributed by atoms with Crippen molar-refractivity contribution in [1.29, 1.82) is 0 Å². The van der Waals surface area contributed by atoms with E-state index in [9.17, 15) is 9.59 Å². The standard InChI is InChI=1S/C26H21ClO4/c1-2-30-26(29)22-21(23(28)17-9-5-3-6-10-17)24(19-13-15-20(27)16-14-19)31-25(22)18-11-7-4-8-12-18/h3-16,21,24H,2H2,1H3/t21-,24+/m0/s1. The van der Waals surface area contributed by atoms with E-state index in [0.29, 0.717) is 21.9 Å². The van der Waals surface area contributed by atoms with Gasteiger partial charge in [-0.3, -0.25) is 4.79 Å². The molecule has 0 amide bonds. The van der Waals surface area contributed by atoms with E-state index in [1.165, 1.54) is 0 Å². The van der Waals surface area contributed by atoms with Crippen molar-refractivity contribution in [3.05, 3.63) is 112 Å². The van der Waals surface area contributed by atoms with Crippen molar-refractivity contribution in [3.8, 4) is 0 Å². The summed E-state index contributed by atoms with van der Waals surface area (Å²) < 4.78 is 11.7. The number of ether oxygens (including phenoxy) is 2. The van der Waals surface area contributed by atoms with Crippen LogP contribution in [0.15, 0.2) is 90.5 Å². The van der Waals surface area contributed by atoms with Crippen molar-refractivity contribution < 1.29 is 19.1 Å². The first-order valence-electron chi connectivity index (χ1n) is 10.1. The number of benzene rings is 3. The van der Waals surface area contributed by atoms with E-state index in [-0.39, 0.29) is 18.0 Å². The minimum absolute atomic E-state index is 0.197. The van der Waals surface area contributed by atoms with Crippen molar-refractivity contribution in [1.82, 2.24) is 0 Å². The fraction of sp³-hybridized carbons (Fsp3) is 0.154. The van der Waals surface area contributed by atoms with Gasteiger partial charge in [0.05, 0.1) is 18.1 Å². The van der Waals surface area contributed by atoms with Gasteiger partial charge in [-0.25, -0.2) is 4.79 Å². The highest BCUT2D eigenvalue weighted by Gasteiger charge is 2.46. The van der Waals surface area contributed by atoms with Crippen molar-refractivity contribution in [2.45, 2.75) is 13.0 Å². The highest BCUT2D eigenvalue weighted by molar-refractivity contribution is 6.30. The lowest BCUT2D eigenvalue weighted by Gasteiger charge is -2.20. The quantitative estimate of drug-likeness (QED) is 0.360. The van der Waals surface area contributed by atoms with Gasteiger partial charge < -0.3 is 9.47 Å². The Morgan fingerprint density at radius 3 is 2.13 bits per heavy atom. The Morgan fingerprint density at radius 1 is 0.903 bits per heavy atom. The molecule has 0 saturated heterocycles. The van der Waals surface area contributed by atoms with E-state index in [4.69, 9.17) is 21.1 Å². The van der Waals surface area contributed by atoms with E-state index < -0.39 is 18.0 Å². The van der Waals surface area contributed by atoms with Crippen LogP contribution in [0.3, 0.4) is 0 Å². The van der Waals surface area contributed by atoms with Gasteiger partial charge in [0, 0.05) is 16.1 Å². The maximum atomic E-state index is 13.6. The van der Waals surface area contributed by atoms with Crippen LogP contribution in [0.4, 0.5) is 0 Å². The van der Waals surface area contributed by atoms with Crippen LogP contribution in [-0.4, -0.2) is 18.4 Å². The Hall–Kier alpha value is -3.37. The number of Topliss-reactive ketones (excluding diaryl/α,β-unsaturated/α-hetero) is 1. The normalized spacial score (nSPS) is 17.9. The molecule has 0 aliphatic carbocycles. The molecule has 1 heterocycles. The number of ketones is 1. The van der Waals surface area contributed by atoms with Gasteiger partial charge in [0.2, 0.25) is 0 Å². The second-order valence-corrected chi connectivity index (χ2v) is 7.56. The van der Waals surface area contributed by atoms with Gasteiger partial charge in [-0.1, -0.05) is 84.4 Å². The third-order valence-corrected chi connectivity index (χ3v) is 5.43. The molecule has 3 aromatic rings. The predicted octanol–water partition coefficient (Wildman–Crippen LogP) is 5.88. The average Bonchev–Trinajstić information content (AvgIpc) is 3.21. The fourth-order valence-electron chi connectivity index (χ4n) is 3.76. The molecule has 2 atom stereocenters. The van der Waals surface area contributed by atoms with Crippen molar-refractivity contribution >= 4 is 29.1 Å².